The predicted octanol–water partition coefficient (Wildman–Crippen LogP) is 1.87. The highest BCUT2D eigenvalue weighted by atomic mass is 79.9. The molecule has 21 heavy (non-hydrogen) atoms. The third-order valence-electron chi connectivity index (χ3n) is 3.24. The van der Waals surface area contributed by atoms with E-state index < -0.39 is 0 Å². The van der Waals surface area contributed by atoms with Crippen LogP contribution in [-0.2, 0) is 26.7 Å². The van der Waals surface area contributed by atoms with Crippen LogP contribution < -0.4 is 10.6 Å². The topological polar surface area (TPSA) is 59.7 Å². The molecule has 0 spiro atoms. The molecule has 0 aliphatic heterocycles. The Balaban J connectivity index is 1.83. The first-order valence-electron chi connectivity index (χ1n) is 6.72. The molecule has 114 valence electrons. The average molecular weight is 371 g/mol. The molecule has 0 amide bonds. The maximum absolute atomic E-state index is 5.30. The smallest absolute Gasteiger partial charge is 0.166 e. The fraction of sp³-hybridized carbons (Fsp3) is 0.462. The monoisotopic (exact) mass is 370 g/mol. The molecule has 2 aromatic heterocycles. The summed E-state index contributed by atoms with van der Waals surface area (Å²) in [6, 6.07) is 0. The van der Waals surface area contributed by atoms with Crippen molar-refractivity contribution in [3.05, 3.63) is 33.8 Å². The van der Waals surface area contributed by atoms with E-state index in [1.54, 1.807) is 6.20 Å². The first kappa shape index (κ1) is 16.0. The molecule has 2 rings (SSSR count). The Morgan fingerprint density at radius 2 is 2.10 bits per heavy atom. The van der Waals surface area contributed by atoms with E-state index in [9.17, 15) is 0 Å². The predicted molar refractivity (Wildman–Crippen MR) is 89.8 cm³/mol. The summed E-state index contributed by atoms with van der Waals surface area (Å²) in [6.07, 6.45) is 3.82. The lowest BCUT2D eigenvalue weighted by atomic mass is 10.3. The van der Waals surface area contributed by atoms with Crippen molar-refractivity contribution in [1.82, 2.24) is 30.2 Å². The number of nitrogens with one attached hydrogen (secondary N) is 2. The minimum Gasteiger partial charge on any atom is -0.359 e. The number of hydrogen-bond acceptors (Lipinski definition) is 3. The highest BCUT2D eigenvalue weighted by Gasteiger charge is 2.07. The van der Waals surface area contributed by atoms with Gasteiger partial charge >= 0.3 is 0 Å². The third kappa shape index (κ3) is 4.04. The molecule has 8 heteroatoms. The van der Waals surface area contributed by atoms with E-state index in [4.69, 9.17) is 12.2 Å². The molecule has 0 radical (unpaired) electrons. The van der Waals surface area contributed by atoms with Gasteiger partial charge < -0.3 is 10.6 Å². The second-order valence-electron chi connectivity index (χ2n) is 4.69. The molecule has 0 bridgehead atoms. The molecule has 2 aromatic rings. The standard InChI is InChI=1S/C13H19BrN6S/c1-4-20-8-10(9(2)18-20)5-15-13(21)16-7-12-11(14)6-17-19(12)3/h6,8H,4-5,7H2,1-3H3,(H2,15,16,21). The molecule has 0 fully saturated rings. The van der Waals surface area contributed by atoms with Crippen molar-refractivity contribution in [3.63, 3.8) is 0 Å². The molecule has 2 heterocycles. The third-order valence-corrected chi connectivity index (χ3v) is 4.19. The Morgan fingerprint density at radius 3 is 2.67 bits per heavy atom. The summed E-state index contributed by atoms with van der Waals surface area (Å²) in [5.41, 5.74) is 3.23. The van der Waals surface area contributed by atoms with E-state index in [1.165, 1.54) is 0 Å². The molecule has 6 nitrogen and oxygen atoms in total. The van der Waals surface area contributed by atoms with Crippen molar-refractivity contribution in [2.75, 3.05) is 0 Å². The molecule has 0 aliphatic rings. The molecule has 0 atom stereocenters. The fourth-order valence-electron chi connectivity index (χ4n) is 1.93. The Hall–Kier alpha value is -1.41. The van der Waals surface area contributed by atoms with Crippen molar-refractivity contribution >= 4 is 33.3 Å². The Kier molecular flexibility index (Phi) is 5.35. The van der Waals surface area contributed by atoms with Gasteiger partial charge in [-0.25, -0.2) is 0 Å². The van der Waals surface area contributed by atoms with E-state index in [0.717, 1.165) is 28.0 Å². The molecule has 0 aromatic carbocycles. The number of halogens is 1. The van der Waals surface area contributed by atoms with E-state index in [-0.39, 0.29) is 0 Å². The van der Waals surface area contributed by atoms with Gasteiger partial charge in [0.15, 0.2) is 5.11 Å². The quantitative estimate of drug-likeness (QED) is 0.786. The zero-order valence-corrected chi connectivity index (χ0v) is 14.8. The van der Waals surface area contributed by atoms with Crippen LogP contribution in [0.5, 0.6) is 0 Å². The normalized spacial score (nSPS) is 10.7. The number of nitrogens with zero attached hydrogens (tertiary/aromatic N) is 4. The first-order chi connectivity index (χ1) is 10.0. The number of aromatic nitrogens is 4. The van der Waals surface area contributed by atoms with Gasteiger partial charge in [0.25, 0.3) is 0 Å². The van der Waals surface area contributed by atoms with Gasteiger partial charge in [0.05, 0.1) is 28.6 Å². The van der Waals surface area contributed by atoms with Crippen LogP contribution in [-0.4, -0.2) is 24.7 Å². The maximum atomic E-state index is 5.30. The molecular weight excluding hydrogens is 352 g/mol. The Bertz CT molecular complexity index is 613. The average Bonchev–Trinajstić information content (AvgIpc) is 2.98. The lowest BCUT2D eigenvalue weighted by Gasteiger charge is -2.10. The minimum atomic E-state index is 0.617. The zero-order valence-electron chi connectivity index (χ0n) is 12.4. The second-order valence-corrected chi connectivity index (χ2v) is 5.96. The van der Waals surface area contributed by atoms with Crippen molar-refractivity contribution in [1.29, 1.82) is 0 Å². The van der Waals surface area contributed by atoms with Gasteiger partial charge in [-0.05, 0) is 42.0 Å². The van der Waals surface area contributed by atoms with E-state index >= 15 is 0 Å². The van der Waals surface area contributed by atoms with Crippen LogP contribution in [0.1, 0.15) is 23.9 Å². The SMILES string of the molecule is CCn1cc(CNC(=S)NCc2c(Br)cnn2C)c(C)n1. The van der Waals surface area contributed by atoms with Gasteiger partial charge in [0.1, 0.15) is 0 Å². The lowest BCUT2D eigenvalue weighted by molar-refractivity contribution is 0.653. The number of rotatable bonds is 5. The van der Waals surface area contributed by atoms with Crippen LogP contribution >= 0.6 is 28.1 Å². The van der Waals surface area contributed by atoms with Gasteiger partial charge in [-0.3, -0.25) is 9.36 Å². The summed E-state index contributed by atoms with van der Waals surface area (Å²) in [4.78, 5) is 0. The van der Waals surface area contributed by atoms with Crippen molar-refractivity contribution in [2.24, 2.45) is 7.05 Å². The minimum absolute atomic E-state index is 0.617. The molecule has 0 unspecified atom stereocenters. The van der Waals surface area contributed by atoms with Gasteiger partial charge in [-0.15, -0.1) is 0 Å². The highest BCUT2D eigenvalue weighted by molar-refractivity contribution is 9.10. The lowest BCUT2D eigenvalue weighted by Crippen LogP contribution is -2.34. The van der Waals surface area contributed by atoms with Gasteiger partial charge in [-0.2, -0.15) is 10.2 Å². The molecular formula is C13H19BrN6S. The number of thiocarbonyl (C=S) groups is 1. The maximum Gasteiger partial charge on any atom is 0.166 e. The van der Waals surface area contributed by atoms with Crippen molar-refractivity contribution < 1.29 is 0 Å². The molecule has 2 N–H and O–H groups in total. The first-order valence-corrected chi connectivity index (χ1v) is 7.92. The summed E-state index contributed by atoms with van der Waals surface area (Å²) in [5, 5.41) is 15.6. The summed E-state index contributed by atoms with van der Waals surface area (Å²) < 4.78 is 4.71. The Labute approximate surface area is 138 Å². The van der Waals surface area contributed by atoms with Crippen LogP contribution in [0.3, 0.4) is 0 Å². The zero-order chi connectivity index (χ0) is 15.4. The fourth-order valence-corrected chi connectivity index (χ4v) is 2.56. The number of aryl methyl sites for hydroxylation is 3. The van der Waals surface area contributed by atoms with E-state index in [0.29, 0.717) is 18.2 Å². The largest absolute Gasteiger partial charge is 0.359 e. The van der Waals surface area contributed by atoms with Crippen LogP contribution in [0.4, 0.5) is 0 Å². The van der Waals surface area contributed by atoms with E-state index in [1.807, 2.05) is 29.5 Å². The molecule has 0 aliphatic carbocycles. The summed E-state index contributed by atoms with van der Waals surface area (Å²) in [6.45, 7) is 6.24. The van der Waals surface area contributed by atoms with Crippen molar-refractivity contribution in [2.45, 2.75) is 33.5 Å². The molecule has 0 saturated carbocycles. The summed E-state index contributed by atoms with van der Waals surface area (Å²) >= 11 is 8.76. The van der Waals surface area contributed by atoms with Gasteiger partial charge in [0.2, 0.25) is 0 Å². The summed E-state index contributed by atoms with van der Waals surface area (Å²) in [5.74, 6) is 0. The van der Waals surface area contributed by atoms with Crippen LogP contribution in [0.15, 0.2) is 16.9 Å². The van der Waals surface area contributed by atoms with Crippen LogP contribution in [0, 0.1) is 6.92 Å². The van der Waals surface area contributed by atoms with E-state index in [2.05, 4.69) is 43.7 Å². The molecule has 0 saturated heterocycles. The highest BCUT2D eigenvalue weighted by Crippen LogP contribution is 2.14. The van der Waals surface area contributed by atoms with Gasteiger partial charge in [-0.1, -0.05) is 0 Å². The van der Waals surface area contributed by atoms with Crippen LogP contribution in [0.2, 0.25) is 0 Å². The van der Waals surface area contributed by atoms with Gasteiger partial charge in [0, 0.05) is 31.9 Å². The van der Waals surface area contributed by atoms with Crippen LogP contribution in [0.25, 0.3) is 0 Å². The Morgan fingerprint density at radius 1 is 1.38 bits per heavy atom. The summed E-state index contributed by atoms with van der Waals surface area (Å²) in [7, 11) is 1.90. The second kappa shape index (κ2) is 7.04. The number of hydrogen-bond donors (Lipinski definition) is 2. The van der Waals surface area contributed by atoms with Crippen molar-refractivity contribution in [3.8, 4) is 0 Å².